The Morgan fingerprint density at radius 2 is 0.654 bits per heavy atom. The molecule has 0 fully saturated rings. The Balaban J connectivity index is 1.53. The molecule has 0 aliphatic rings. The van der Waals surface area contributed by atoms with Crippen molar-refractivity contribution in [3.8, 4) is 0 Å². The zero-order valence-corrected chi connectivity index (χ0v) is 52.3. The lowest BCUT2D eigenvalue weighted by Crippen LogP contribution is -2.39. The van der Waals surface area contributed by atoms with Gasteiger partial charge in [0.25, 0.3) is 21.7 Å². The Morgan fingerprint density at radius 1 is 0.358 bits per heavy atom. The van der Waals surface area contributed by atoms with Gasteiger partial charge in [-0.15, -0.1) is 0 Å². The summed E-state index contributed by atoms with van der Waals surface area (Å²) in [6.45, 7) is 20.2. The minimum absolute atomic E-state index is 0.00284. The Bertz CT molecular complexity index is 1910. The van der Waals surface area contributed by atoms with Gasteiger partial charge in [-0.1, -0.05) is 143 Å². The van der Waals surface area contributed by atoms with Crippen molar-refractivity contribution < 1.29 is 33.2 Å². The molecule has 0 radical (unpaired) electrons. The van der Waals surface area contributed by atoms with Gasteiger partial charge in [-0.3, -0.25) is 24.0 Å². The zero-order valence-electron chi connectivity index (χ0n) is 52.3. The van der Waals surface area contributed by atoms with Crippen LogP contribution in [0.15, 0.2) is 19.2 Å². The van der Waals surface area contributed by atoms with Crippen LogP contribution in [0.3, 0.4) is 0 Å². The molecule has 4 N–H and O–H groups in total. The van der Waals surface area contributed by atoms with Gasteiger partial charge in [-0.2, -0.15) is 0 Å². The van der Waals surface area contributed by atoms with Crippen LogP contribution in [0.5, 0.6) is 0 Å². The summed E-state index contributed by atoms with van der Waals surface area (Å²) in [6, 6.07) is 0. The number of carbonyl (C=O) groups excluding carboxylic acids is 1. The predicted molar refractivity (Wildman–Crippen MR) is 336 cm³/mol. The smallest absolute Gasteiger partial charge is 0.306 e. The van der Waals surface area contributed by atoms with Crippen molar-refractivity contribution in [2.24, 2.45) is 0 Å². The van der Waals surface area contributed by atoms with E-state index in [2.05, 4.69) is 72.9 Å². The first kappa shape index (κ1) is 73.7. The van der Waals surface area contributed by atoms with Crippen molar-refractivity contribution in [3.05, 3.63) is 40.9 Å². The van der Waals surface area contributed by atoms with Crippen molar-refractivity contribution in [2.45, 2.75) is 233 Å². The second-order valence-corrected chi connectivity index (χ2v) is 22.6. The van der Waals surface area contributed by atoms with Crippen LogP contribution in [0.25, 0.3) is 0 Å². The van der Waals surface area contributed by atoms with E-state index in [1.807, 2.05) is 0 Å². The monoisotopic (exact) mass is 1150 g/mol. The van der Waals surface area contributed by atoms with Crippen LogP contribution in [0.4, 0.5) is 22.7 Å². The number of rotatable bonds is 62. The predicted octanol–water partition coefficient (Wildman–Crippen LogP) is 11.2. The number of anilines is 4. The van der Waals surface area contributed by atoms with Crippen LogP contribution in [0.1, 0.15) is 220 Å². The molecule has 81 heavy (non-hydrogen) atoms. The Hall–Kier alpha value is -3.45. The van der Waals surface area contributed by atoms with Gasteiger partial charge in [-0.05, 0) is 111 Å². The highest BCUT2D eigenvalue weighted by Crippen LogP contribution is 2.17. The molecule has 2 rings (SSSR count). The molecule has 0 saturated heterocycles. The highest BCUT2D eigenvalue weighted by molar-refractivity contribution is 5.75. The average Bonchev–Trinajstić information content (AvgIpc) is 3.59. The van der Waals surface area contributed by atoms with Gasteiger partial charge in [0.2, 0.25) is 0 Å². The van der Waals surface area contributed by atoms with Crippen molar-refractivity contribution in [1.82, 2.24) is 9.80 Å². The van der Waals surface area contributed by atoms with Gasteiger partial charge >= 0.3 is 5.97 Å². The van der Waals surface area contributed by atoms with E-state index in [1.54, 1.807) is 0 Å². The van der Waals surface area contributed by atoms with Crippen molar-refractivity contribution in [1.29, 1.82) is 0 Å². The van der Waals surface area contributed by atoms with E-state index < -0.39 is 21.7 Å². The molecule has 0 bridgehead atoms. The first-order valence-electron chi connectivity index (χ1n) is 32.7. The lowest BCUT2D eigenvalue weighted by atomic mass is 10.1. The summed E-state index contributed by atoms with van der Waals surface area (Å²) in [6.07, 6.45) is 31.7. The van der Waals surface area contributed by atoms with Gasteiger partial charge in [0.1, 0.15) is 35.0 Å². The lowest BCUT2D eigenvalue weighted by molar-refractivity contribution is -0.156. The second-order valence-electron chi connectivity index (χ2n) is 22.6. The first-order chi connectivity index (χ1) is 39.6. The van der Waals surface area contributed by atoms with Crippen LogP contribution >= 0.6 is 0 Å². The molecule has 0 saturated carbocycles. The maximum Gasteiger partial charge on any atom is 0.306 e. The molecule has 0 heterocycles. The molecule has 17 nitrogen and oxygen atoms in total. The number of hydrogen-bond donors (Lipinski definition) is 4. The highest BCUT2D eigenvalue weighted by Gasteiger charge is 2.22. The molecule has 470 valence electrons. The van der Waals surface area contributed by atoms with Crippen LogP contribution in [0, 0.1) is 0 Å². The summed E-state index contributed by atoms with van der Waals surface area (Å²) in [5.41, 5.74) is -0.746. The molecule has 0 unspecified atom stereocenters. The Labute approximate surface area is 490 Å². The van der Waals surface area contributed by atoms with E-state index in [-0.39, 0.29) is 18.2 Å². The van der Waals surface area contributed by atoms with Crippen molar-refractivity contribution in [3.63, 3.8) is 0 Å². The summed E-state index contributed by atoms with van der Waals surface area (Å²) in [5.74, 6) is -0.177. The van der Waals surface area contributed by atoms with E-state index >= 15 is 0 Å². The van der Waals surface area contributed by atoms with Crippen LogP contribution in [0.2, 0.25) is 0 Å². The molecule has 0 aromatic heterocycles. The Kier molecular flexibility index (Phi) is 46.4. The summed E-state index contributed by atoms with van der Waals surface area (Å²) in [7, 11) is 4.22. The number of esters is 1. The van der Waals surface area contributed by atoms with Crippen LogP contribution in [-0.4, -0.2) is 154 Å². The SMILES string of the molecule is CCCCCCOCC(COCCCCCC)OCCCCCCCN(C)CCCNc1c(NCCCNc2c(NCCCN(C)CCCCCCCC(=O)OC(COCCCCCC)COCCCCCC)c(=O)c2=O)c(=O)c1=O. The maximum atomic E-state index is 12.7. The van der Waals surface area contributed by atoms with E-state index in [4.69, 9.17) is 28.4 Å². The van der Waals surface area contributed by atoms with Gasteiger partial charge in [0.05, 0.1) is 26.4 Å². The van der Waals surface area contributed by atoms with Crippen molar-refractivity contribution >= 4 is 28.7 Å². The fourth-order valence-corrected chi connectivity index (χ4v) is 9.65. The minimum atomic E-state index is -0.523. The second kappa shape index (κ2) is 51.0. The summed E-state index contributed by atoms with van der Waals surface area (Å²) in [4.78, 5) is 66.9. The molecule has 0 aliphatic heterocycles. The van der Waals surface area contributed by atoms with Gasteiger partial charge in [-0.25, -0.2) is 0 Å². The molecular formula is C64H118N6O11. The highest BCUT2D eigenvalue weighted by atomic mass is 16.6. The number of nitrogens with zero attached hydrogens (tertiary/aromatic N) is 2. The third kappa shape index (κ3) is 36.8. The quantitative estimate of drug-likeness (QED) is 0.0277. The lowest BCUT2D eigenvalue weighted by Gasteiger charge is -2.19. The van der Waals surface area contributed by atoms with Gasteiger partial charge in [0.15, 0.2) is 0 Å². The third-order valence-corrected chi connectivity index (χ3v) is 14.9. The molecule has 17 heteroatoms. The fourth-order valence-electron chi connectivity index (χ4n) is 9.65. The first-order valence-corrected chi connectivity index (χ1v) is 32.7. The van der Waals surface area contributed by atoms with E-state index in [0.717, 1.165) is 149 Å². The molecule has 2 aromatic rings. The fraction of sp³-hybridized carbons (Fsp3) is 0.859. The standard InChI is InChI=1S/C64H118N6O11/c1-7-11-15-28-45-76-50-54(51-77-46-29-16-12-8-2)80-49-32-24-20-23-27-42-70(6)44-35-40-68-60-58(62(73)64(60)75)66-38-33-37-65-57-59(63(74)61(57)72)67-39-34-43-69(5)41-26-22-19-21-25-36-56(71)81-55(52-78-47-30-17-13-9-3)53-79-48-31-18-14-10-4/h54-55,65-68H,7-53H2,1-6H3. The normalized spacial score (nSPS) is 11.9. The Morgan fingerprint density at radius 3 is 1.04 bits per heavy atom. The van der Waals surface area contributed by atoms with Gasteiger partial charge in [0, 0.05) is 65.6 Å². The molecular weight excluding hydrogens is 1030 g/mol. The summed E-state index contributed by atoms with van der Waals surface area (Å²) >= 11 is 0. The molecule has 0 amide bonds. The number of hydrogen-bond acceptors (Lipinski definition) is 17. The van der Waals surface area contributed by atoms with E-state index in [0.29, 0.717) is 101 Å². The molecule has 0 atom stereocenters. The number of unbranched alkanes of at least 4 members (excludes halogenated alkanes) is 20. The van der Waals surface area contributed by atoms with E-state index in [1.165, 1.54) is 77.0 Å². The average molecular weight is 1150 g/mol. The van der Waals surface area contributed by atoms with Gasteiger partial charge < -0.3 is 59.5 Å². The largest absolute Gasteiger partial charge is 0.457 e. The zero-order chi connectivity index (χ0) is 58.8. The minimum Gasteiger partial charge on any atom is -0.457 e. The van der Waals surface area contributed by atoms with E-state index in [9.17, 15) is 24.0 Å². The van der Waals surface area contributed by atoms with Crippen molar-refractivity contribution in [2.75, 3.05) is 147 Å². The summed E-state index contributed by atoms with van der Waals surface area (Å²) in [5, 5.41) is 12.5. The number of ether oxygens (including phenoxy) is 6. The topological polar surface area (TPSA) is 195 Å². The molecule has 0 spiro atoms. The summed E-state index contributed by atoms with van der Waals surface area (Å²) < 4.78 is 35.6. The van der Waals surface area contributed by atoms with Crippen LogP contribution < -0.4 is 43.0 Å². The number of carbonyl (C=O) groups is 1. The molecule has 0 aliphatic carbocycles. The number of nitrogens with one attached hydrogen (secondary N) is 4. The maximum absolute atomic E-state index is 12.7. The molecule has 2 aromatic carbocycles. The van der Waals surface area contributed by atoms with Crippen LogP contribution in [-0.2, 0) is 33.2 Å². The third-order valence-electron chi connectivity index (χ3n) is 14.9.